The van der Waals surface area contributed by atoms with Crippen LogP contribution >= 0.6 is 0 Å². The fourth-order valence-electron chi connectivity index (χ4n) is 3.55. The number of carbonyl (C=O) groups excluding carboxylic acids is 2. The van der Waals surface area contributed by atoms with E-state index in [0.29, 0.717) is 17.8 Å². The Morgan fingerprint density at radius 2 is 1.57 bits per heavy atom. The molecule has 1 aliphatic rings. The molecule has 1 aromatic heterocycles. The number of rotatable bonds is 7. The average molecular weight is 403 g/mol. The Kier molecular flexibility index (Phi) is 6.25. The van der Waals surface area contributed by atoms with Crippen LogP contribution in [0.4, 0.5) is 5.69 Å². The maximum Gasteiger partial charge on any atom is 0.291 e. The van der Waals surface area contributed by atoms with Gasteiger partial charge >= 0.3 is 0 Å². The molecule has 2 aromatic carbocycles. The Morgan fingerprint density at radius 3 is 2.23 bits per heavy atom. The molecule has 1 aliphatic heterocycles. The zero-order valence-corrected chi connectivity index (χ0v) is 16.8. The summed E-state index contributed by atoms with van der Waals surface area (Å²) in [5.41, 5.74) is 3.51. The molecule has 6 heteroatoms. The summed E-state index contributed by atoms with van der Waals surface area (Å²) in [4.78, 5) is 26.9. The van der Waals surface area contributed by atoms with Gasteiger partial charge < -0.3 is 15.1 Å². The first-order valence-electron chi connectivity index (χ1n) is 10.2. The summed E-state index contributed by atoms with van der Waals surface area (Å²) in [5, 5.41) is 5.67. The van der Waals surface area contributed by atoms with Crippen molar-refractivity contribution < 1.29 is 14.0 Å². The fourth-order valence-corrected chi connectivity index (χ4v) is 3.55. The standard InChI is InChI=1S/C24H25N3O3/c28-23(20-9-11-21(12-10-20)26-24(29)22-4-3-15-30-22)25-16-18-5-7-19(8-6-18)17-27-13-1-2-14-27/h3-12,15H,1-2,13-14,16-17H2,(H,25,28)(H,26,29). The number of furan rings is 1. The predicted molar refractivity (Wildman–Crippen MR) is 115 cm³/mol. The Labute approximate surface area is 175 Å². The third kappa shape index (κ3) is 5.15. The highest BCUT2D eigenvalue weighted by molar-refractivity contribution is 6.02. The molecule has 1 fully saturated rings. The first-order chi connectivity index (χ1) is 14.7. The lowest BCUT2D eigenvalue weighted by Gasteiger charge is -2.14. The molecule has 0 bridgehead atoms. The monoisotopic (exact) mass is 403 g/mol. The van der Waals surface area contributed by atoms with Crippen LogP contribution in [0.15, 0.2) is 71.3 Å². The van der Waals surface area contributed by atoms with Crippen LogP contribution in [0.3, 0.4) is 0 Å². The van der Waals surface area contributed by atoms with Gasteiger partial charge in [0.2, 0.25) is 0 Å². The van der Waals surface area contributed by atoms with Crippen LogP contribution in [0, 0.1) is 0 Å². The van der Waals surface area contributed by atoms with E-state index in [-0.39, 0.29) is 17.6 Å². The SMILES string of the molecule is O=C(NCc1ccc(CN2CCCC2)cc1)c1ccc(NC(=O)c2ccco2)cc1. The number of likely N-dealkylation sites (tertiary alicyclic amines) is 1. The van der Waals surface area contributed by atoms with Gasteiger partial charge in [0.15, 0.2) is 5.76 Å². The summed E-state index contributed by atoms with van der Waals surface area (Å²) in [6, 6.07) is 18.4. The van der Waals surface area contributed by atoms with Gasteiger partial charge in [-0.25, -0.2) is 0 Å². The zero-order chi connectivity index (χ0) is 20.8. The van der Waals surface area contributed by atoms with Crippen molar-refractivity contribution in [3.63, 3.8) is 0 Å². The Bertz CT molecular complexity index is 974. The second-order valence-corrected chi connectivity index (χ2v) is 7.49. The lowest BCUT2D eigenvalue weighted by Crippen LogP contribution is -2.23. The molecule has 30 heavy (non-hydrogen) atoms. The fraction of sp³-hybridized carbons (Fsp3) is 0.250. The van der Waals surface area contributed by atoms with Gasteiger partial charge in [-0.3, -0.25) is 14.5 Å². The quantitative estimate of drug-likeness (QED) is 0.624. The molecule has 0 aliphatic carbocycles. The Balaban J connectivity index is 1.27. The van der Waals surface area contributed by atoms with E-state index < -0.39 is 0 Å². The summed E-state index contributed by atoms with van der Waals surface area (Å²) >= 11 is 0. The molecule has 0 radical (unpaired) electrons. The summed E-state index contributed by atoms with van der Waals surface area (Å²) in [6.45, 7) is 3.83. The van der Waals surface area contributed by atoms with Crippen molar-refractivity contribution in [1.82, 2.24) is 10.2 Å². The maximum atomic E-state index is 12.4. The van der Waals surface area contributed by atoms with E-state index >= 15 is 0 Å². The van der Waals surface area contributed by atoms with Gasteiger partial charge in [0.1, 0.15) is 0 Å². The van der Waals surface area contributed by atoms with Crippen molar-refractivity contribution in [2.45, 2.75) is 25.9 Å². The molecule has 4 rings (SSSR count). The first kappa shape index (κ1) is 19.9. The molecule has 6 nitrogen and oxygen atoms in total. The number of anilines is 1. The van der Waals surface area contributed by atoms with Crippen molar-refractivity contribution in [1.29, 1.82) is 0 Å². The topological polar surface area (TPSA) is 74.6 Å². The minimum atomic E-state index is -0.328. The molecular formula is C24H25N3O3. The highest BCUT2D eigenvalue weighted by Crippen LogP contribution is 2.14. The van der Waals surface area contributed by atoms with E-state index in [2.05, 4.69) is 39.8 Å². The predicted octanol–water partition coefficient (Wildman–Crippen LogP) is 4.06. The summed E-state index contributed by atoms with van der Waals surface area (Å²) in [5.74, 6) is -0.242. The maximum absolute atomic E-state index is 12.4. The van der Waals surface area contributed by atoms with E-state index in [0.717, 1.165) is 12.1 Å². The van der Waals surface area contributed by atoms with E-state index in [1.54, 1.807) is 36.4 Å². The van der Waals surface area contributed by atoms with Gasteiger partial charge in [0, 0.05) is 24.3 Å². The van der Waals surface area contributed by atoms with Crippen molar-refractivity contribution in [3.05, 3.63) is 89.4 Å². The van der Waals surface area contributed by atoms with Crippen LogP contribution in [-0.2, 0) is 13.1 Å². The van der Waals surface area contributed by atoms with Gasteiger partial charge in [-0.05, 0) is 73.5 Å². The highest BCUT2D eigenvalue weighted by atomic mass is 16.3. The van der Waals surface area contributed by atoms with Gasteiger partial charge in [0.25, 0.3) is 11.8 Å². The number of hydrogen-bond donors (Lipinski definition) is 2. The van der Waals surface area contributed by atoms with Crippen LogP contribution in [0.2, 0.25) is 0 Å². The minimum Gasteiger partial charge on any atom is -0.459 e. The molecular weight excluding hydrogens is 378 g/mol. The first-order valence-corrected chi connectivity index (χ1v) is 10.2. The second-order valence-electron chi connectivity index (χ2n) is 7.49. The van der Waals surface area contributed by atoms with Gasteiger partial charge in [-0.2, -0.15) is 0 Å². The van der Waals surface area contributed by atoms with Crippen molar-refractivity contribution in [2.75, 3.05) is 18.4 Å². The molecule has 0 saturated carbocycles. The van der Waals surface area contributed by atoms with Gasteiger partial charge in [-0.15, -0.1) is 0 Å². The smallest absolute Gasteiger partial charge is 0.291 e. The number of carbonyl (C=O) groups is 2. The van der Waals surface area contributed by atoms with Gasteiger partial charge in [-0.1, -0.05) is 24.3 Å². The van der Waals surface area contributed by atoms with Crippen molar-refractivity contribution >= 4 is 17.5 Å². The van der Waals surface area contributed by atoms with Crippen molar-refractivity contribution in [3.8, 4) is 0 Å². The lowest BCUT2D eigenvalue weighted by molar-refractivity contribution is 0.0950. The number of nitrogens with one attached hydrogen (secondary N) is 2. The van der Waals surface area contributed by atoms with Crippen molar-refractivity contribution in [2.24, 2.45) is 0 Å². The second kappa shape index (κ2) is 9.41. The normalized spacial score (nSPS) is 13.9. The third-order valence-corrected chi connectivity index (χ3v) is 5.23. The molecule has 0 unspecified atom stereocenters. The van der Waals surface area contributed by atoms with E-state index in [1.807, 2.05) is 0 Å². The summed E-state index contributed by atoms with van der Waals surface area (Å²) in [7, 11) is 0. The number of amides is 2. The Hall–Kier alpha value is -3.38. The summed E-state index contributed by atoms with van der Waals surface area (Å²) in [6.07, 6.45) is 4.03. The van der Waals surface area contributed by atoms with Crippen LogP contribution in [0.25, 0.3) is 0 Å². The Morgan fingerprint density at radius 1 is 0.867 bits per heavy atom. The summed E-state index contributed by atoms with van der Waals surface area (Å²) < 4.78 is 5.07. The zero-order valence-electron chi connectivity index (χ0n) is 16.8. The molecule has 1 saturated heterocycles. The number of hydrogen-bond acceptors (Lipinski definition) is 4. The van der Waals surface area contributed by atoms with Crippen LogP contribution < -0.4 is 10.6 Å². The molecule has 0 atom stereocenters. The molecule has 3 aromatic rings. The molecule has 2 amide bonds. The molecule has 0 spiro atoms. The van der Waals surface area contributed by atoms with Crippen LogP contribution in [0.1, 0.15) is 44.9 Å². The van der Waals surface area contributed by atoms with Crippen LogP contribution in [-0.4, -0.2) is 29.8 Å². The van der Waals surface area contributed by atoms with Crippen LogP contribution in [0.5, 0.6) is 0 Å². The highest BCUT2D eigenvalue weighted by Gasteiger charge is 2.12. The van der Waals surface area contributed by atoms with Gasteiger partial charge in [0.05, 0.1) is 6.26 Å². The lowest BCUT2D eigenvalue weighted by atomic mass is 10.1. The molecule has 2 N–H and O–H groups in total. The largest absolute Gasteiger partial charge is 0.459 e. The van der Waals surface area contributed by atoms with E-state index in [1.165, 1.54) is 37.8 Å². The molecule has 2 heterocycles. The van der Waals surface area contributed by atoms with E-state index in [4.69, 9.17) is 4.42 Å². The number of benzene rings is 2. The number of nitrogens with zero attached hydrogens (tertiary/aromatic N) is 1. The third-order valence-electron chi connectivity index (χ3n) is 5.23. The molecule has 154 valence electrons. The van der Waals surface area contributed by atoms with E-state index in [9.17, 15) is 9.59 Å². The average Bonchev–Trinajstić information content (AvgIpc) is 3.48. The minimum absolute atomic E-state index is 0.153.